The van der Waals surface area contributed by atoms with Crippen molar-refractivity contribution < 1.29 is 27.5 Å². The molecule has 4 amide bonds. The Kier molecular flexibility index (Phi) is 4.92. The van der Waals surface area contributed by atoms with E-state index in [0.717, 1.165) is 11.6 Å². The number of halogens is 3. The molecule has 0 saturated carbocycles. The van der Waals surface area contributed by atoms with Crippen LogP contribution in [0.5, 0.6) is 5.75 Å². The lowest BCUT2D eigenvalue weighted by Gasteiger charge is -2.29. The van der Waals surface area contributed by atoms with E-state index in [4.69, 9.17) is 4.74 Å². The van der Waals surface area contributed by atoms with E-state index in [0.29, 0.717) is 24.3 Å². The van der Waals surface area contributed by atoms with Gasteiger partial charge in [0.15, 0.2) is 0 Å². The minimum Gasteiger partial charge on any atom is -0.492 e. The van der Waals surface area contributed by atoms with Crippen molar-refractivity contribution in [1.29, 1.82) is 0 Å². The van der Waals surface area contributed by atoms with Crippen LogP contribution in [0.15, 0.2) is 36.4 Å². The number of alkyl halides is 3. The number of rotatable bonds is 2. The van der Waals surface area contributed by atoms with Crippen LogP contribution in [0.25, 0.3) is 0 Å². The molecule has 4 rings (SSSR count). The monoisotopic (exact) mass is 420 g/mol. The van der Waals surface area contributed by atoms with Crippen LogP contribution < -0.4 is 20.7 Å². The molecule has 0 aromatic heterocycles. The van der Waals surface area contributed by atoms with E-state index in [1.165, 1.54) is 17.0 Å². The van der Waals surface area contributed by atoms with E-state index in [1.54, 1.807) is 25.2 Å². The van der Waals surface area contributed by atoms with Gasteiger partial charge in [-0.3, -0.25) is 0 Å². The van der Waals surface area contributed by atoms with Crippen LogP contribution >= 0.6 is 0 Å². The summed E-state index contributed by atoms with van der Waals surface area (Å²) < 4.78 is 44.9. The molecule has 2 aromatic carbocycles. The van der Waals surface area contributed by atoms with Gasteiger partial charge in [-0.05, 0) is 23.8 Å². The molecule has 0 bridgehead atoms. The number of urea groups is 2. The van der Waals surface area contributed by atoms with Gasteiger partial charge in [-0.2, -0.15) is 13.2 Å². The summed E-state index contributed by atoms with van der Waals surface area (Å²) in [6.07, 6.45) is -4.20. The second-order valence-corrected chi connectivity index (χ2v) is 7.17. The molecule has 2 aliphatic heterocycles. The fraction of sp³-hybridized carbons (Fsp3) is 0.300. The Balaban J connectivity index is 1.49. The second kappa shape index (κ2) is 7.43. The first-order valence-electron chi connectivity index (χ1n) is 9.28. The molecule has 0 unspecified atom stereocenters. The number of carbonyl (C=O) groups is 2. The summed E-state index contributed by atoms with van der Waals surface area (Å²) in [5.74, 6) is -0.248. The molecule has 0 aliphatic carbocycles. The summed E-state index contributed by atoms with van der Waals surface area (Å²) >= 11 is 0. The van der Waals surface area contributed by atoms with Crippen molar-refractivity contribution in [3.63, 3.8) is 0 Å². The van der Waals surface area contributed by atoms with Gasteiger partial charge in [-0.1, -0.05) is 18.2 Å². The van der Waals surface area contributed by atoms with Gasteiger partial charge in [0.2, 0.25) is 0 Å². The Labute approximate surface area is 170 Å². The van der Waals surface area contributed by atoms with Gasteiger partial charge in [-0.25, -0.2) is 9.59 Å². The first-order chi connectivity index (χ1) is 14.2. The van der Waals surface area contributed by atoms with Gasteiger partial charge < -0.3 is 25.6 Å². The summed E-state index contributed by atoms with van der Waals surface area (Å²) in [5, 5.41) is 8.10. The van der Waals surface area contributed by atoms with E-state index in [-0.39, 0.29) is 24.0 Å². The molecule has 2 aliphatic rings. The van der Waals surface area contributed by atoms with Gasteiger partial charge in [-0.15, -0.1) is 0 Å². The molecule has 0 spiro atoms. The summed E-state index contributed by atoms with van der Waals surface area (Å²) in [5.41, 5.74) is 1.38. The molecule has 1 atom stereocenters. The molecule has 0 radical (unpaired) electrons. The number of para-hydroxylation sites is 1. The molecule has 2 aromatic rings. The fourth-order valence-corrected chi connectivity index (χ4v) is 3.57. The van der Waals surface area contributed by atoms with Crippen LogP contribution in [0.2, 0.25) is 0 Å². The van der Waals surface area contributed by atoms with Crippen molar-refractivity contribution in [2.45, 2.75) is 25.2 Å². The third kappa shape index (κ3) is 3.85. The Hall–Kier alpha value is -3.43. The topological polar surface area (TPSA) is 82.7 Å². The highest BCUT2D eigenvalue weighted by Gasteiger charge is 2.38. The van der Waals surface area contributed by atoms with E-state index >= 15 is 0 Å². The van der Waals surface area contributed by atoms with Crippen molar-refractivity contribution in [1.82, 2.24) is 10.2 Å². The van der Waals surface area contributed by atoms with Crippen molar-refractivity contribution >= 4 is 23.4 Å². The van der Waals surface area contributed by atoms with Gasteiger partial charge >= 0.3 is 18.2 Å². The smallest absolute Gasteiger partial charge is 0.419 e. The lowest BCUT2D eigenvalue weighted by Crippen LogP contribution is -2.36. The Morgan fingerprint density at radius 1 is 1.27 bits per heavy atom. The molecule has 0 fully saturated rings. The number of hydrogen-bond acceptors (Lipinski definition) is 3. The van der Waals surface area contributed by atoms with Crippen LogP contribution in [0.4, 0.5) is 34.1 Å². The average Bonchev–Trinajstić information content (AvgIpc) is 2.68. The van der Waals surface area contributed by atoms with Crippen LogP contribution in [0.3, 0.4) is 0 Å². The summed E-state index contributed by atoms with van der Waals surface area (Å²) in [7, 11) is 1.67. The number of ether oxygens (including phenoxy) is 1. The normalized spacial score (nSPS) is 17.9. The van der Waals surface area contributed by atoms with Crippen molar-refractivity contribution in [3.8, 4) is 5.75 Å². The standard InChI is InChI=1S/C20H19F3N4O3/c1-27-10-11-5-6-12(9-16(11)26-19(27)29)24-18(28)25-15-7-8-30-17-13(15)3-2-4-14(17)20(21,22)23/h2-6,9,15H,7-8,10H2,1H3,(H,26,29)(H2,24,25,28)/t15-/m1/s1. The minimum atomic E-state index is -4.54. The highest BCUT2D eigenvalue weighted by atomic mass is 19.4. The van der Waals surface area contributed by atoms with Gasteiger partial charge in [0, 0.05) is 37.0 Å². The molecule has 158 valence electrons. The quantitative estimate of drug-likeness (QED) is 0.677. The highest BCUT2D eigenvalue weighted by molar-refractivity contribution is 5.95. The molecular formula is C20H19F3N4O3. The number of hydrogen-bond donors (Lipinski definition) is 3. The largest absolute Gasteiger partial charge is 0.492 e. The zero-order chi connectivity index (χ0) is 21.5. The summed E-state index contributed by atoms with van der Waals surface area (Å²) in [6.45, 7) is 0.511. The molecular weight excluding hydrogens is 401 g/mol. The second-order valence-electron chi connectivity index (χ2n) is 7.17. The number of fused-ring (bicyclic) bond motifs is 2. The summed E-state index contributed by atoms with van der Waals surface area (Å²) in [6, 6.07) is 7.46. The maximum atomic E-state index is 13.2. The van der Waals surface area contributed by atoms with Crippen molar-refractivity contribution in [3.05, 3.63) is 53.1 Å². The first kappa shape index (κ1) is 19.9. The number of amides is 4. The molecule has 30 heavy (non-hydrogen) atoms. The van der Waals surface area contributed by atoms with E-state index in [9.17, 15) is 22.8 Å². The van der Waals surface area contributed by atoms with Gasteiger partial charge in [0.05, 0.1) is 18.2 Å². The lowest BCUT2D eigenvalue weighted by molar-refractivity contribution is -0.139. The summed E-state index contributed by atoms with van der Waals surface area (Å²) in [4.78, 5) is 25.8. The van der Waals surface area contributed by atoms with E-state index in [1.807, 2.05) is 0 Å². The predicted octanol–water partition coefficient (Wildman–Crippen LogP) is 4.33. The maximum Gasteiger partial charge on any atom is 0.419 e. The van der Waals surface area contributed by atoms with Gasteiger partial charge in [0.1, 0.15) is 5.75 Å². The number of nitrogens with one attached hydrogen (secondary N) is 3. The van der Waals surface area contributed by atoms with Crippen molar-refractivity contribution in [2.75, 3.05) is 24.3 Å². The zero-order valence-electron chi connectivity index (χ0n) is 16.0. The Bertz CT molecular complexity index is 1010. The van der Waals surface area contributed by atoms with Crippen LogP contribution in [0.1, 0.15) is 29.2 Å². The lowest BCUT2D eigenvalue weighted by atomic mass is 9.97. The Morgan fingerprint density at radius 2 is 2.07 bits per heavy atom. The molecule has 3 N–H and O–H groups in total. The molecule has 2 heterocycles. The Morgan fingerprint density at radius 3 is 2.83 bits per heavy atom. The average molecular weight is 420 g/mol. The van der Waals surface area contributed by atoms with Crippen LogP contribution in [-0.4, -0.2) is 30.6 Å². The molecule has 7 nitrogen and oxygen atoms in total. The number of benzene rings is 2. The van der Waals surface area contributed by atoms with E-state index in [2.05, 4.69) is 16.0 Å². The third-order valence-electron chi connectivity index (χ3n) is 5.05. The molecule has 10 heteroatoms. The van der Waals surface area contributed by atoms with Gasteiger partial charge in [0.25, 0.3) is 0 Å². The SMILES string of the molecule is CN1Cc2ccc(NC(=O)N[C@@H]3CCOc4c3cccc4C(F)(F)F)cc2NC1=O. The van der Waals surface area contributed by atoms with Crippen LogP contribution in [-0.2, 0) is 12.7 Å². The number of nitrogens with zero attached hydrogens (tertiary/aromatic N) is 1. The predicted molar refractivity (Wildman–Crippen MR) is 103 cm³/mol. The number of carbonyl (C=O) groups excluding carboxylic acids is 2. The zero-order valence-corrected chi connectivity index (χ0v) is 16.0. The first-order valence-corrected chi connectivity index (χ1v) is 9.28. The fourth-order valence-electron chi connectivity index (χ4n) is 3.57. The molecule has 0 saturated heterocycles. The maximum absolute atomic E-state index is 13.2. The minimum absolute atomic E-state index is 0.0590. The van der Waals surface area contributed by atoms with E-state index < -0.39 is 23.8 Å². The van der Waals surface area contributed by atoms with Crippen LogP contribution in [0, 0.1) is 0 Å². The van der Waals surface area contributed by atoms with Crippen molar-refractivity contribution in [2.24, 2.45) is 0 Å². The third-order valence-corrected chi connectivity index (χ3v) is 5.05. The highest BCUT2D eigenvalue weighted by Crippen LogP contribution is 2.42. The number of anilines is 2.